The van der Waals surface area contributed by atoms with Crippen LogP contribution in [0.15, 0.2) is 0 Å². The predicted octanol–water partition coefficient (Wildman–Crippen LogP) is 2.54. The molecule has 0 radical (unpaired) electrons. The average molecular weight is 229 g/mol. The molecule has 0 aromatic carbocycles. The molecule has 0 aliphatic heterocycles. The largest absolute Gasteiger partial charge is 0.373 e. The molecule has 3 nitrogen and oxygen atoms in total. The van der Waals surface area contributed by atoms with Crippen LogP contribution in [-0.4, -0.2) is 17.2 Å². The Hall–Kier alpha value is -0.570. The standard InChI is InChI=1S/C13H27NO2/c1-6-9(2)7-10(3)8-11(4)13(16)14-12(5)15/h9-11,13,16H,6-8H2,1-5H3,(H,14,15). The Bertz CT molecular complexity index is 206. The normalized spacial score (nSPS) is 18.6. The van der Waals surface area contributed by atoms with Gasteiger partial charge in [-0.05, 0) is 24.7 Å². The summed E-state index contributed by atoms with van der Waals surface area (Å²) in [5.74, 6) is 1.27. The summed E-state index contributed by atoms with van der Waals surface area (Å²) in [6.07, 6.45) is 2.63. The first-order valence-corrected chi connectivity index (χ1v) is 6.31. The van der Waals surface area contributed by atoms with Crippen LogP contribution in [0.2, 0.25) is 0 Å². The van der Waals surface area contributed by atoms with E-state index in [4.69, 9.17) is 0 Å². The minimum atomic E-state index is -0.711. The molecule has 16 heavy (non-hydrogen) atoms. The average Bonchev–Trinajstić information content (AvgIpc) is 2.16. The third-order valence-corrected chi connectivity index (χ3v) is 3.17. The molecule has 0 saturated carbocycles. The number of carbonyl (C=O) groups excluding carboxylic acids is 1. The number of rotatable bonds is 7. The second-order valence-electron chi connectivity index (χ2n) is 5.21. The maximum Gasteiger partial charge on any atom is 0.218 e. The van der Waals surface area contributed by atoms with Crippen LogP contribution in [0.1, 0.15) is 53.9 Å². The van der Waals surface area contributed by atoms with Crippen molar-refractivity contribution in [3.63, 3.8) is 0 Å². The Labute approximate surface area is 99.6 Å². The Morgan fingerprint density at radius 2 is 1.75 bits per heavy atom. The zero-order valence-electron chi connectivity index (χ0n) is 11.3. The van der Waals surface area contributed by atoms with E-state index in [9.17, 15) is 9.90 Å². The Kier molecular flexibility index (Phi) is 7.39. The van der Waals surface area contributed by atoms with Crippen molar-refractivity contribution in [1.82, 2.24) is 5.32 Å². The molecule has 0 saturated heterocycles. The maximum absolute atomic E-state index is 10.8. The summed E-state index contributed by atoms with van der Waals surface area (Å²) in [6.45, 7) is 10.1. The van der Waals surface area contributed by atoms with Gasteiger partial charge in [-0.25, -0.2) is 0 Å². The van der Waals surface area contributed by atoms with Crippen LogP contribution >= 0.6 is 0 Å². The van der Waals surface area contributed by atoms with Crippen molar-refractivity contribution in [1.29, 1.82) is 0 Å². The molecule has 0 heterocycles. The lowest BCUT2D eigenvalue weighted by Crippen LogP contribution is -2.38. The summed E-state index contributed by atoms with van der Waals surface area (Å²) >= 11 is 0. The highest BCUT2D eigenvalue weighted by molar-refractivity contribution is 5.72. The summed E-state index contributed by atoms with van der Waals surface area (Å²) in [4.78, 5) is 10.8. The fourth-order valence-corrected chi connectivity index (χ4v) is 2.06. The van der Waals surface area contributed by atoms with E-state index in [1.54, 1.807) is 0 Å². The number of aliphatic hydroxyl groups excluding tert-OH is 1. The van der Waals surface area contributed by atoms with Gasteiger partial charge in [0, 0.05) is 12.8 Å². The fourth-order valence-electron chi connectivity index (χ4n) is 2.06. The summed E-state index contributed by atoms with van der Waals surface area (Å²) in [7, 11) is 0. The highest BCUT2D eigenvalue weighted by atomic mass is 16.3. The third-order valence-electron chi connectivity index (χ3n) is 3.17. The minimum absolute atomic E-state index is 0.114. The highest BCUT2D eigenvalue weighted by Crippen LogP contribution is 2.22. The van der Waals surface area contributed by atoms with Crippen molar-refractivity contribution in [2.24, 2.45) is 17.8 Å². The predicted molar refractivity (Wildman–Crippen MR) is 66.8 cm³/mol. The number of carbonyl (C=O) groups is 1. The topological polar surface area (TPSA) is 49.3 Å². The Morgan fingerprint density at radius 1 is 1.19 bits per heavy atom. The summed E-state index contributed by atoms with van der Waals surface area (Å²) in [6, 6.07) is 0. The lowest BCUT2D eigenvalue weighted by Gasteiger charge is -2.24. The number of amides is 1. The molecule has 0 rings (SSSR count). The third kappa shape index (κ3) is 6.83. The van der Waals surface area contributed by atoms with Gasteiger partial charge < -0.3 is 10.4 Å². The van der Waals surface area contributed by atoms with Gasteiger partial charge in [-0.1, -0.05) is 34.1 Å². The second kappa shape index (κ2) is 7.66. The quantitative estimate of drug-likeness (QED) is 0.659. The molecule has 0 aromatic heterocycles. The van der Waals surface area contributed by atoms with Crippen LogP contribution in [-0.2, 0) is 4.79 Å². The van der Waals surface area contributed by atoms with E-state index in [2.05, 4.69) is 26.1 Å². The molecule has 96 valence electrons. The first-order valence-electron chi connectivity index (χ1n) is 6.31. The van der Waals surface area contributed by atoms with Crippen molar-refractivity contribution < 1.29 is 9.90 Å². The monoisotopic (exact) mass is 229 g/mol. The molecule has 1 amide bonds. The van der Waals surface area contributed by atoms with Gasteiger partial charge in [-0.3, -0.25) is 4.79 Å². The van der Waals surface area contributed by atoms with Crippen LogP contribution < -0.4 is 5.32 Å². The van der Waals surface area contributed by atoms with E-state index in [-0.39, 0.29) is 11.8 Å². The van der Waals surface area contributed by atoms with Gasteiger partial charge in [0.2, 0.25) is 5.91 Å². The van der Waals surface area contributed by atoms with E-state index in [1.807, 2.05) is 6.92 Å². The van der Waals surface area contributed by atoms with Crippen LogP contribution in [0.5, 0.6) is 0 Å². The Morgan fingerprint density at radius 3 is 2.19 bits per heavy atom. The molecule has 4 atom stereocenters. The lowest BCUT2D eigenvalue weighted by molar-refractivity contribution is -0.123. The molecule has 0 spiro atoms. The molecule has 2 N–H and O–H groups in total. The van der Waals surface area contributed by atoms with E-state index in [1.165, 1.54) is 19.8 Å². The fraction of sp³-hybridized carbons (Fsp3) is 0.923. The van der Waals surface area contributed by atoms with Crippen LogP contribution in [0.25, 0.3) is 0 Å². The molecule has 0 fully saturated rings. The van der Waals surface area contributed by atoms with Crippen molar-refractivity contribution >= 4 is 5.91 Å². The number of nitrogens with one attached hydrogen (secondary N) is 1. The smallest absolute Gasteiger partial charge is 0.218 e. The molecule has 3 heteroatoms. The van der Waals surface area contributed by atoms with E-state index >= 15 is 0 Å². The van der Waals surface area contributed by atoms with E-state index in [0.717, 1.165) is 12.3 Å². The molecule has 4 unspecified atom stereocenters. The summed E-state index contributed by atoms with van der Waals surface area (Å²) < 4.78 is 0. The van der Waals surface area contributed by atoms with Gasteiger partial charge in [0.15, 0.2) is 0 Å². The van der Waals surface area contributed by atoms with Gasteiger partial charge >= 0.3 is 0 Å². The van der Waals surface area contributed by atoms with Crippen LogP contribution in [0, 0.1) is 17.8 Å². The summed E-state index contributed by atoms with van der Waals surface area (Å²) in [5, 5.41) is 12.2. The summed E-state index contributed by atoms with van der Waals surface area (Å²) in [5.41, 5.74) is 0. The second-order valence-corrected chi connectivity index (χ2v) is 5.21. The minimum Gasteiger partial charge on any atom is -0.373 e. The van der Waals surface area contributed by atoms with Crippen molar-refractivity contribution in [2.45, 2.75) is 60.1 Å². The highest BCUT2D eigenvalue weighted by Gasteiger charge is 2.18. The zero-order chi connectivity index (χ0) is 12.7. The number of aliphatic hydroxyl groups is 1. The zero-order valence-corrected chi connectivity index (χ0v) is 11.3. The van der Waals surface area contributed by atoms with E-state index < -0.39 is 6.23 Å². The van der Waals surface area contributed by atoms with Gasteiger partial charge in [0.1, 0.15) is 6.23 Å². The van der Waals surface area contributed by atoms with Crippen molar-refractivity contribution in [2.75, 3.05) is 0 Å². The first-order chi connectivity index (χ1) is 7.36. The van der Waals surface area contributed by atoms with Gasteiger partial charge in [-0.2, -0.15) is 0 Å². The van der Waals surface area contributed by atoms with Crippen molar-refractivity contribution in [3.8, 4) is 0 Å². The van der Waals surface area contributed by atoms with Gasteiger partial charge in [0.05, 0.1) is 0 Å². The van der Waals surface area contributed by atoms with E-state index in [0.29, 0.717) is 5.92 Å². The first kappa shape index (κ1) is 15.4. The lowest BCUT2D eigenvalue weighted by atomic mass is 9.88. The molecular weight excluding hydrogens is 202 g/mol. The molecular formula is C13H27NO2. The molecule has 0 bridgehead atoms. The maximum atomic E-state index is 10.8. The number of hydrogen-bond acceptors (Lipinski definition) is 2. The van der Waals surface area contributed by atoms with Crippen LogP contribution in [0.3, 0.4) is 0 Å². The van der Waals surface area contributed by atoms with Crippen LogP contribution in [0.4, 0.5) is 0 Å². The molecule has 0 aliphatic rings. The van der Waals surface area contributed by atoms with Crippen molar-refractivity contribution in [3.05, 3.63) is 0 Å². The Balaban J connectivity index is 3.93. The number of hydrogen-bond donors (Lipinski definition) is 2. The molecule has 0 aromatic rings. The molecule has 0 aliphatic carbocycles. The SMILES string of the molecule is CCC(C)CC(C)CC(C)C(O)NC(C)=O. The van der Waals surface area contributed by atoms with Gasteiger partial charge in [0.25, 0.3) is 0 Å². The van der Waals surface area contributed by atoms with Gasteiger partial charge in [-0.15, -0.1) is 0 Å².